The monoisotopic (exact) mass is 505 g/mol. The molecule has 0 aliphatic rings. The van der Waals surface area contributed by atoms with Crippen LogP contribution in [0.3, 0.4) is 0 Å². The standard InChI is InChI=1S/C33H35N3O2/c1-21(2)30(33(38)35-28(20-37)25-10-6-5-7-11-25)26-16-14-24(15-17-26)19-36-29-13-9-8-12-27(29)31-22(3)18-23(4)34-32(31)36/h5-18,21,28,30,37H,19-20H2,1-4H3,(H,35,38). The number of nitrogens with zero attached hydrogens (tertiary/aromatic N) is 2. The number of rotatable bonds is 8. The molecule has 1 amide bonds. The van der Waals surface area contributed by atoms with E-state index in [1.807, 2.05) is 37.3 Å². The number of amides is 1. The van der Waals surface area contributed by atoms with Crippen LogP contribution in [0.15, 0.2) is 84.9 Å². The lowest BCUT2D eigenvalue weighted by Crippen LogP contribution is -2.36. The second-order valence-electron chi connectivity index (χ2n) is 10.5. The van der Waals surface area contributed by atoms with Crippen LogP contribution in [0.25, 0.3) is 21.9 Å². The predicted molar refractivity (Wildman–Crippen MR) is 154 cm³/mol. The maximum atomic E-state index is 13.4. The van der Waals surface area contributed by atoms with Gasteiger partial charge in [0.15, 0.2) is 0 Å². The molecule has 0 radical (unpaired) electrons. The number of para-hydroxylation sites is 1. The summed E-state index contributed by atoms with van der Waals surface area (Å²) in [5.41, 5.74) is 7.44. The normalized spacial score (nSPS) is 13.2. The third-order valence-electron chi connectivity index (χ3n) is 7.38. The van der Waals surface area contributed by atoms with Gasteiger partial charge in [-0.1, -0.05) is 86.6 Å². The summed E-state index contributed by atoms with van der Waals surface area (Å²) in [6.07, 6.45) is 0. The Kier molecular flexibility index (Phi) is 7.30. The van der Waals surface area contributed by atoms with Gasteiger partial charge in [0.2, 0.25) is 5.91 Å². The van der Waals surface area contributed by atoms with E-state index in [1.54, 1.807) is 0 Å². The number of nitrogens with one attached hydrogen (secondary N) is 1. The average Bonchev–Trinajstić information content (AvgIpc) is 3.22. The van der Waals surface area contributed by atoms with Crippen LogP contribution in [0.2, 0.25) is 0 Å². The fourth-order valence-electron chi connectivity index (χ4n) is 5.57. The predicted octanol–water partition coefficient (Wildman–Crippen LogP) is 6.44. The SMILES string of the molecule is Cc1cc(C)c2c3ccccc3n(Cc3ccc(C(C(=O)NC(CO)c4ccccc4)C(C)C)cc3)c2n1. The third kappa shape index (κ3) is 4.94. The number of carbonyl (C=O) groups is 1. The van der Waals surface area contributed by atoms with Crippen molar-refractivity contribution >= 4 is 27.8 Å². The van der Waals surface area contributed by atoms with Gasteiger partial charge in [0.05, 0.1) is 24.1 Å². The second-order valence-corrected chi connectivity index (χ2v) is 10.5. The molecule has 0 spiro atoms. The summed E-state index contributed by atoms with van der Waals surface area (Å²) in [5, 5.41) is 15.4. The Labute approximate surface area is 224 Å². The van der Waals surface area contributed by atoms with E-state index in [1.165, 1.54) is 21.9 Å². The van der Waals surface area contributed by atoms with Gasteiger partial charge in [-0.2, -0.15) is 0 Å². The van der Waals surface area contributed by atoms with Crippen molar-refractivity contribution in [2.45, 2.75) is 46.2 Å². The molecule has 0 fully saturated rings. The molecule has 0 aliphatic heterocycles. The molecule has 194 valence electrons. The summed E-state index contributed by atoms with van der Waals surface area (Å²) in [5.74, 6) is -0.293. The first-order valence-electron chi connectivity index (χ1n) is 13.3. The van der Waals surface area contributed by atoms with E-state index in [4.69, 9.17) is 4.98 Å². The first-order valence-corrected chi connectivity index (χ1v) is 13.3. The first kappa shape index (κ1) is 25.7. The average molecular weight is 506 g/mol. The Morgan fingerprint density at radius 3 is 2.29 bits per heavy atom. The second kappa shape index (κ2) is 10.8. The summed E-state index contributed by atoms with van der Waals surface area (Å²) in [6, 6.07) is 28.1. The van der Waals surface area contributed by atoms with Crippen molar-refractivity contribution < 1.29 is 9.90 Å². The van der Waals surface area contributed by atoms with E-state index >= 15 is 0 Å². The van der Waals surface area contributed by atoms with E-state index in [9.17, 15) is 9.90 Å². The van der Waals surface area contributed by atoms with Crippen LogP contribution < -0.4 is 5.32 Å². The van der Waals surface area contributed by atoms with E-state index in [0.717, 1.165) is 28.0 Å². The Balaban J connectivity index is 1.43. The highest BCUT2D eigenvalue weighted by Crippen LogP contribution is 2.32. The van der Waals surface area contributed by atoms with Crippen molar-refractivity contribution in [2.75, 3.05) is 6.61 Å². The number of aliphatic hydroxyl groups is 1. The minimum atomic E-state index is -0.432. The summed E-state index contributed by atoms with van der Waals surface area (Å²) in [7, 11) is 0. The van der Waals surface area contributed by atoms with Crippen LogP contribution in [-0.2, 0) is 11.3 Å². The van der Waals surface area contributed by atoms with Crippen molar-refractivity contribution in [3.8, 4) is 0 Å². The van der Waals surface area contributed by atoms with Crippen LogP contribution in [0.5, 0.6) is 0 Å². The maximum Gasteiger partial charge on any atom is 0.228 e. The van der Waals surface area contributed by atoms with Crippen LogP contribution >= 0.6 is 0 Å². The number of aliphatic hydroxyl groups excluding tert-OH is 1. The van der Waals surface area contributed by atoms with Gasteiger partial charge in [-0.3, -0.25) is 4.79 Å². The highest BCUT2D eigenvalue weighted by Gasteiger charge is 2.26. The molecular weight excluding hydrogens is 470 g/mol. The molecule has 0 bridgehead atoms. The number of pyridine rings is 1. The zero-order valence-corrected chi connectivity index (χ0v) is 22.5. The molecule has 2 unspecified atom stereocenters. The molecule has 38 heavy (non-hydrogen) atoms. The Hall–Kier alpha value is -3.96. The fraction of sp³-hybridized carbons (Fsp3) is 0.273. The van der Waals surface area contributed by atoms with E-state index < -0.39 is 6.04 Å². The minimum Gasteiger partial charge on any atom is -0.394 e. The van der Waals surface area contributed by atoms with Gasteiger partial charge in [-0.15, -0.1) is 0 Å². The van der Waals surface area contributed by atoms with Crippen molar-refractivity contribution in [3.63, 3.8) is 0 Å². The number of hydrogen-bond acceptors (Lipinski definition) is 3. The summed E-state index contributed by atoms with van der Waals surface area (Å²) in [4.78, 5) is 18.3. The van der Waals surface area contributed by atoms with Gasteiger partial charge in [-0.25, -0.2) is 4.98 Å². The largest absolute Gasteiger partial charge is 0.394 e. The number of benzene rings is 3. The number of carbonyl (C=O) groups excluding carboxylic acids is 1. The van der Waals surface area contributed by atoms with Crippen molar-refractivity contribution in [1.29, 1.82) is 0 Å². The fourth-order valence-corrected chi connectivity index (χ4v) is 5.57. The topological polar surface area (TPSA) is 67.2 Å². The molecule has 0 aliphatic carbocycles. The first-order chi connectivity index (χ1) is 18.4. The lowest BCUT2D eigenvalue weighted by Gasteiger charge is -2.25. The van der Waals surface area contributed by atoms with Crippen molar-refractivity contribution in [1.82, 2.24) is 14.9 Å². The zero-order chi connectivity index (χ0) is 26.8. The van der Waals surface area contributed by atoms with E-state index in [-0.39, 0.29) is 24.3 Å². The lowest BCUT2D eigenvalue weighted by molar-refractivity contribution is -0.124. The highest BCUT2D eigenvalue weighted by molar-refractivity contribution is 6.08. The molecule has 5 nitrogen and oxygen atoms in total. The van der Waals surface area contributed by atoms with Gasteiger partial charge in [0.1, 0.15) is 5.65 Å². The Morgan fingerprint density at radius 2 is 1.61 bits per heavy atom. The molecular formula is C33H35N3O2. The van der Waals surface area contributed by atoms with Gasteiger partial charge in [-0.05, 0) is 54.2 Å². The van der Waals surface area contributed by atoms with Crippen LogP contribution in [0.4, 0.5) is 0 Å². The molecule has 2 aromatic heterocycles. The molecule has 2 N–H and O–H groups in total. The number of hydrogen-bond donors (Lipinski definition) is 2. The van der Waals surface area contributed by atoms with Gasteiger partial charge in [0, 0.05) is 23.0 Å². The quantitative estimate of drug-likeness (QED) is 0.255. The number of aryl methyl sites for hydroxylation is 2. The lowest BCUT2D eigenvalue weighted by atomic mass is 9.87. The summed E-state index contributed by atoms with van der Waals surface area (Å²) in [6.45, 7) is 8.86. The number of aromatic nitrogens is 2. The van der Waals surface area contributed by atoms with Crippen LogP contribution in [-0.4, -0.2) is 27.2 Å². The van der Waals surface area contributed by atoms with Gasteiger partial charge >= 0.3 is 0 Å². The number of fused-ring (bicyclic) bond motifs is 3. The van der Waals surface area contributed by atoms with E-state index in [0.29, 0.717) is 6.54 Å². The summed E-state index contributed by atoms with van der Waals surface area (Å²) < 4.78 is 2.29. The Bertz CT molecular complexity index is 1570. The minimum absolute atomic E-state index is 0.0757. The zero-order valence-electron chi connectivity index (χ0n) is 22.5. The third-order valence-corrected chi connectivity index (χ3v) is 7.38. The Morgan fingerprint density at radius 1 is 0.921 bits per heavy atom. The highest BCUT2D eigenvalue weighted by atomic mass is 16.3. The van der Waals surface area contributed by atoms with Crippen molar-refractivity contribution in [2.24, 2.45) is 5.92 Å². The molecule has 5 rings (SSSR count). The molecule has 2 heterocycles. The maximum absolute atomic E-state index is 13.4. The van der Waals surface area contributed by atoms with Crippen LogP contribution in [0.1, 0.15) is 53.8 Å². The smallest absolute Gasteiger partial charge is 0.228 e. The summed E-state index contributed by atoms with van der Waals surface area (Å²) >= 11 is 0. The van der Waals surface area contributed by atoms with Crippen LogP contribution in [0, 0.1) is 19.8 Å². The van der Waals surface area contributed by atoms with Crippen molar-refractivity contribution in [3.05, 3.63) is 113 Å². The molecule has 5 aromatic rings. The molecule has 0 saturated heterocycles. The molecule has 3 aromatic carbocycles. The molecule has 0 saturated carbocycles. The van der Waals surface area contributed by atoms with Gasteiger partial charge < -0.3 is 15.0 Å². The molecule has 5 heteroatoms. The van der Waals surface area contributed by atoms with E-state index in [2.05, 4.69) is 85.3 Å². The molecule has 2 atom stereocenters. The van der Waals surface area contributed by atoms with Gasteiger partial charge in [0.25, 0.3) is 0 Å².